The number of carbonyl (C=O) groups excluding carboxylic acids is 2. The molecule has 148 valence electrons. The molecule has 0 aliphatic carbocycles. The van der Waals surface area contributed by atoms with Crippen molar-refractivity contribution in [3.63, 3.8) is 0 Å². The van der Waals surface area contributed by atoms with Gasteiger partial charge in [0, 0.05) is 12.2 Å². The fourth-order valence-corrected chi connectivity index (χ4v) is 3.03. The number of rotatable bonds is 10. The van der Waals surface area contributed by atoms with Crippen LogP contribution in [0.1, 0.15) is 38.0 Å². The highest BCUT2D eigenvalue weighted by molar-refractivity contribution is 7.85. The Morgan fingerprint density at radius 3 is 2.63 bits per heavy atom. The van der Waals surface area contributed by atoms with Gasteiger partial charge in [0.25, 0.3) is 16.0 Å². The molecule has 1 unspecified atom stereocenters. The maximum absolute atomic E-state index is 12.3. The lowest BCUT2D eigenvalue weighted by molar-refractivity contribution is -0.144. The molecule has 1 aromatic rings. The molecule has 27 heavy (non-hydrogen) atoms. The largest absolute Gasteiger partial charge is 0.461 e. The van der Waals surface area contributed by atoms with Gasteiger partial charge in [-0.15, -0.1) is 0 Å². The van der Waals surface area contributed by atoms with Crippen molar-refractivity contribution < 1.29 is 32.0 Å². The van der Waals surface area contributed by atoms with Crippen LogP contribution in [0, 0.1) is 0 Å². The number of nitrogens with zero attached hydrogens (tertiary/aromatic N) is 2. The number of benzene rings is 1. The summed E-state index contributed by atoms with van der Waals surface area (Å²) in [6.07, 6.45) is -0.448. The maximum Gasteiger partial charge on any atom is 0.355 e. The summed E-state index contributed by atoms with van der Waals surface area (Å²) in [6.45, 7) is 1.98. The summed E-state index contributed by atoms with van der Waals surface area (Å²) in [5.74, 6) is -1.40. The van der Waals surface area contributed by atoms with E-state index >= 15 is 0 Å². The molecular formula is C17H22N2O7S. The highest BCUT2D eigenvalue weighted by Gasteiger charge is 2.35. The summed E-state index contributed by atoms with van der Waals surface area (Å²) in [6, 6.07) is 8.88. The van der Waals surface area contributed by atoms with Gasteiger partial charge in [-0.05, 0) is 19.8 Å². The van der Waals surface area contributed by atoms with Crippen molar-refractivity contribution in [3.8, 4) is 0 Å². The second-order valence-electron chi connectivity index (χ2n) is 5.81. The molecule has 0 fully saturated rings. The summed E-state index contributed by atoms with van der Waals surface area (Å²) in [5.41, 5.74) is 0.673. The third kappa shape index (κ3) is 6.42. The fraction of sp³-hybridized carbons (Fsp3) is 0.471. The van der Waals surface area contributed by atoms with Crippen LogP contribution in [-0.4, -0.2) is 54.5 Å². The van der Waals surface area contributed by atoms with E-state index in [-0.39, 0.29) is 37.5 Å². The first-order chi connectivity index (χ1) is 12.8. The van der Waals surface area contributed by atoms with Gasteiger partial charge in [0.15, 0.2) is 11.9 Å². The Morgan fingerprint density at radius 2 is 2.00 bits per heavy atom. The molecule has 0 spiro atoms. The predicted octanol–water partition coefficient (Wildman–Crippen LogP) is 1.52. The Kier molecular flexibility index (Phi) is 7.45. The van der Waals surface area contributed by atoms with Crippen molar-refractivity contribution in [1.82, 2.24) is 5.01 Å². The predicted molar refractivity (Wildman–Crippen MR) is 96.3 cm³/mol. The van der Waals surface area contributed by atoms with Crippen LogP contribution in [0.3, 0.4) is 0 Å². The van der Waals surface area contributed by atoms with Crippen molar-refractivity contribution in [3.05, 3.63) is 35.9 Å². The SMILES string of the molecule is CCOC(=O)C1=NN(C(OCCCCS(=O)(=O)O)c2ccccc2)C(=O)C1. The van der Waals surface area contributed by atoms with E-state index in [0.717, 1.165) is 5.01 Å². The molecule has 0 aromatic heterocycles. The lowest BCUT2D eigenvalue weighted by atomic mass is 10.2. The zero-order chi connectivity index (χ0) is 19.9. The number of amides is 1. The number of carbonyl (C=O) groups is 2. The Hall–Kier alpha value is -2.30. The molecule has 2 rings (SSSR count). The molecule has 1 heterocycles. The first-order valence-corrected chi connectivity index (χ1v) is 10.1. The van der Waals surface area contributed by atoms with E-state index in [1.54, 1.807) is 31.2 Å². The summed E-state index contributed by atoms with van der Waals surface area (Å²) >= 11 is 0. The monoisotopic (exact) mass is 398 g/mol. The molecule has 1 atom stereocenters. The van der Waals surface area contributed by atoms with E-state index in [2.05, 4.69) is 5.10 Å². The molecule has 0 saturated heterocycles. The molecule has 0 bridgehead atoms. The third-order valence-electron chi connectivity index (χ3n) is 3.69. The standard InChI is InChI=1S/C17H22N2O7S/c1-2-25-17(21)14-12-15(20)19(18-14)16(13-8-4-3-5-9-13)26-10-6-7-11-27(22,23)24/h3-5,8-9,16H,2,6-7,10-12H2,1H3,(H,22,23,24). The molecule has 1 N–H and O–H groups in total. The van der Waals surface area contributed by atoms with Crippen LogP contribution in [0.5, 0.6) is 0 Å². The smallest absolute Gasteiger partial charge is 0.355 e. The van der Waals surface area contributed by atoms with Crippen LogP contribution in [0.25, 0.3) is 0 Å². The lowest BCUT2D eigenvalue weighted by Gasteiger charge is -2.25. The topological polar surface area (TPSA) is 123 Å². The van der Waals surface area contributed by atoms with E-state index in [4.69, 9.17) is 14.0 Å². The zero-order valence-electron chi connectivity index (χ0n) is 14.9. The van der Waals surface area contributed by atoms with Gasteiger partial charge in [0.2, 0.25) is 0 Å². The summed E-state index contributed by atoms with van der Waals surface area (Å²) < 4.78 is 40.9. The molecular weight excluding hydrogens is 376 g/mol. The second-order valence-corrected chi connectivity index (χ2v) is 7.38. The van der Waals surface area contributed by atoms with Gasteiger partial charge >= 0.3 is 5.97 Å². The Bertz CT molecular complexity index is 793. The maximum atomic E-state index is 12.3. The van der Waals surface area contributed by atoms with E-state index in [9.17, 15) is 18.0 Å². The molecule has 1 amide bonds. The van der Waals surface area contributed by atoms with Gasteiger partial charge < -0.3 is 9.47 Å². The second kappa shape index (κ2) is 9.58. The molecule has 1 aliphatic heterocycles. The van der Waals surface area contributed by atoms with Gasteiger partial charge in [-0.2, -0.15) is 18.5 Å². The average Bonchev–Trinajstić information content (AvgIpc) is 3.00. The van der Waals surface area contributed by atoms with Crippen molar-refractivity contribution in [2.24, 2.45) is 5.10 Å². The molecule has 1 aliphatic rings. The number of ether oxygens (including phenoxy) is 2. The van der Waals surface area contributed by atoms with Crippen molar-refractivity contribution in [2.45, 2.75) is 32.4 Å². The number of hydrazone groups is 1. The van der Waals surface area contributed by atoms with E-state index in [1.165, 1.54) is 0 Å². The molecule has 0 radical (unpaired) electrons. The first-order valence-electron chi connectivity index (χ1n) is 8.50. The summed E-state index contributed by atoms with van der Waals surface area (Å²) in [4.78, 5) is 24.2. The normalized spacial score (nSPS) is 15.6. The van der Waals surface area contributed by atoms with Crippen molar-refractivity contribution in [2.75, 3.05) is 19.0 Å². The quantitative estimate of drug-likeness (QED) is 0.360. The summed E-state index contributed by atoms with van der Waals surface area (Å²) in [7, 11) is -4.02. The van der Waals surface area contributed by atoms with Crippen LogP contribution in [-0.2, 0) is 29.2 Å². The molecule has 1 aromatic carbocycles. The number of hydrogen-bond acceptors (Lipinski definition) is 7. The van der Waals surface area contributed by atoms with Crippen LogP contribution in [0.4, 0.5) is 0 Å². The minimum Gasteiger partial charge on any atom is -0.461 e. The van der Waals surface area contributed by atoms with E-state index in [1.807, 2.05) is 6.07 Å². The highest BCUT2D eigenvalue weighted by Crippen LogP contribution is 2.27. The zero-order valence-corrected chi connectivity index (χ0v) is 15.7. The summed E-state index contributed by atoms with van der Waals surface area (Å²) in [5, 5.41) is 5.17. The van der Waals surface area contributed by atoms with Crippen LogP contribution < -0.4 is 0 Å². The van der Waals surface area contributed by atoms with Crippen molar-refractivity contribution in [1.29, 1.82) is 0 Å². The fourth-order valence-electron chi connectivity index (χ4n) is 2.46. The van der Waals surface area contributed by atoms with Gasteiger partial charge in [-0.25, -0.2) is 4.79 Å². The van der Waals surface area contributed by atoms with E-state index in [0.29, 0.717) is 12.0 Å². The number of hydrogen-bond donors (Lipinski definition) is 1. The minimum absolute atomic E-state index is 0.0118. The first kappa shape index (κ1) is 21.0. The van der Waals surface area contributed by atoms with Crippen LogP contribution in [0.2, 0.25) is 0 Å². The van der Waals surface area contributed by atoms with Gasteiger partial charge in [0.1, 0.15) is 0 Å². The molecule has 0 saturated carbocycles. The molecule has 10 heteroatoms. The minimum atomic E-state index is -4.02. The van der Waals surface area contributed by atoms with E-state index < -0.39 is 28.2 Å². The number of esters is 1. The number of unbranched alkanes of at least 4 members (excludes halogenated alkanes) is 1. The van der Waals surface area contributed by atoms with Gasteiger partial charge in [-0.3, -0.25) is 9.35 Å². The Morgan fingerprint density at radius 1 is 1.30 bits per heavy atom. The third-order valence-corrected chi connectivity index (χ3v) is 4.50. The lowest BCUT2D eigenvalue weighted by Crippen LogP contribution is -2.29. The van der Waals surface area contributed by atoms with Gasteiger partial charge in [0.05, 0.1) is 18.8 Å². The Balaban J connectivity index is 2.09. The van der Waals surface area contributed by atoms with Crippen LogP contribution >= 0.6 is 0 Å². The van der Waals surface area contributed by atoms with Crippen molar-refractivity contribution >= 4 is 27.7 Å². The highest BCUT2D eigenvalue weighted by atomic mass is 32.2. The van der Waals surface area contributed by atoms with Gasteiger partial charge in [-0.1, -0.05) is 30.3 Å². The molecule has 9 nitrogen and oxygen atoms in total. The Labute approximate surface area is 157 Å². The van der Waals surface area contributed by atoms with Crippen LogP contribution in [0.15, 0.2) is 35.4 Å². The average molecular weight is 398 g/mol.